The molecule has 0 aliphatic carbocycles. The van der Waals surface area contributed by atoms with Gasteiger partial charge < -0.3 is 5.32 Å². The van der Waals surface area contributed by atoms with Crippen LogP contribution < -0.4 is 5.32 Å². The Kier molecular flexibility index (Phi) is 7.65. The molecule has 1 atom stereocenters. The maximum atomic E-state index is 12.0. The molecule has 0 fully saturated rings. The molecule has 0 aliphatic heterocycles. The molecule has 0 radical (unpaired) electrons. The minimum absolute atomic E-state index is 0.0623. The fraction of sp³-hybridized carbons (Fsp3) is 0.455. The van der Waals surface area contributed by atoms with Gasteiger partial charge in [0, 0.05) is 12.1 Å². The Balaban J connectivity index is 1.60. The molecular weight excluding hydrogens is 308 g/mol. The zero-order chi connectivity index (χ0) is 18.1. The zero-order valence-corrected chi connectivity index (χ0v) is 15.7. The van der Waals surface area contributed by atoms with Crippen LogP contribution in [0.5, 0.6) is 0 Å². The van der Waals surface area contributed by atoms with E-state index in [1.807, 2.05) is 26.0 Å². The highest BCUT2D eigenvalue weighted by Gasteiger charge is 2.07. The molecule has 25 heavy (non-hydrogen) atoms. The maximum Gasteiger partial charge on any atom is 0.225 e. The van der Waals surface area contributed by atoms with Crippen LogP contribution in [0.2, 0.25) is 0 Å². The van der Waals surface area contributed by atoms with Crippen LogP contribution in [0.4, 0.5) is 5.82 Å². The summed E-state index contributed by atoms with van der Waals surface area (Å²) in [6.45, 7) is 6.27. The quantitative estimate of drug-likeness (QED) is 0.659. The van der Waals surface area contributed by atoms with Gasteiger partial charge in [-0.1, -0.05) is 56.2 Å². The number of pyridine rings is 1. The van der Waals surface area contributed by atoms with Gasteiger partial charge in [0.15, 0.2) is 0 Å². The average Bonchev–Trinajstić information content (AvgIpc) is 2.59. The van der Waals surface area contributed by atoms with Crippen molar-refractivity contribution in [1.29, 1.82) is 0 Å². The smallest absolute Gasteiger partial charge is 0.225 e. The molecule has 1 aromatic carbocycles. The fourth-order valence-corrected chi connectivity index (χ4v) is 2.96. The molecule has 1 N–H and O–H groups in total. The second-order valence-corrected chi connectivity index (χ2v) is 7.02. The highest BCUT2D eigenvalue weighted by Crippen LogP contribution is 2.17. The molecule has 3 nitrogen and oxygen atoms in total. The molecule has 0 saturated carbocycles. The van der Waals surface area contributed by atoms with Crippen molar-refractivity contribution in [2.75, 3.05) is 5.32 Å². The standard InChI is InChI=1S/C22H30N2O/c1-17(9-7-13-20-11-5-4-6-12-20)10-8-14-22(25)24-21-16-15-18(2)19(3)23-21/h4-6,11-12,15-17H,7-10,13-14H2,1-3H3,(H,23,24,25). The molecule has 1 amide bonds. The molecule has 2 rings (SSSR count). The van der Waals surface area contributed by atoms with E-state index in [1.54, 1.807) is 0 Å². The highest BCUT2D eigenvalue weighted by atomic mass is 16.1. The topological polar surface area (TPSA) is 42.0 Å². The lowest BCUT2D eigenvalue weighted by Crippen LogP contribution is -2.13. The predicted octanol–water partition coefficient (Wildman–Crippen LogP) is 5.47. The van der Waals surface area contributed by atoms with Gasteiger partial charge in [0.25, 0.3) is 0 Å². The lowest BCUT2D eigenvalue weighted by molar-refractivity contribution is -0.116. The van der Waals surface area contributed by atoms with Crippen molar-refractivity contribution in [3.63, 3.8) is 0 Å². The van der Waals surface area contributed by atoms with Gasteiger partial charge in [0.2, 0.25) is 5.91 Å². The van der Waals surface area contributed by atoms with Gasteiger partial charge in [-0.05, 0) is 56.2 Å². The third-order valence-corrected chi connectivity index (χ3v) is 4.72. The van der Waals surface area contributed by atoms with Gasteiger partial charge in [-0.25, -0.2) is 4.98 Å². The van der Waals surface area contributed by atoms with Gasteiger partial charge in [-0.3, -0.25) is 4.79 Å². The number of nitrogens with one attached hydrogen (secondary N) is 1. The van der Waals surface area contributed by atoms with Crippen molar-refractivity contribution in [1.82, 2.24) is 4.98 Å². The Morgan fingerprint density at radius 1 is 1.04 bits per heavy atom. The van der Waals surface area contributed by atoms with Gasteiger partial charge in [0.1, 0.15) is 5.82 Å². The van der Waals surface area contributed by atoms with E-state index in [2.05, 4.69) is 47.6 Å². The van der Waals surface area contributed by atoms with E-state index in [9.17, 15) is 4.79 Å². The fourth-order valence-electron chi connectivity index (χ4n) is 2.96. The van der Waals surface area contributed by atoms with Crippen LogP contribution in [0.3, 0.4) is 0 Å². The van der Waals surface area contributed by atoms with E-state index in [4.69, 9.17) is 0 Å². The van der Waals surface area contributed by atoms with Crippen LogP contribution in [-0.2, 0) is 11.2 Å². The molecule has 0 saturated heterocycles. The number of anilines is 1. The normalized spacial score (nSPS) is 12.0. The summed E-state index contributed by atoms with van der Waals surface area (Å²) in [6.07, 6.45) is 6.17. The minimum atomic E-state index is 0.0623. The first kappa shape index (κ1) is 19.2. The summed E-state index contributed by atoms with van der Waals surface area (Å²) in [4.78, 5) is 16.4. The minimum Gasteiger partial charge on any atom is -0.311 e. The second kappa shape index (κ2) is 9.97. The van der Waals surface area contributed by atoms with E-state index >= 15 is 0 Å². The van der Waals surface area contributed by atoms with Crippen molar-refractivity contribution < 1.29 is 4.79 Å². The first-order valence-corrected chi connectivity index (χ1v) is 9.32. The molecular formula is C22H30N2O. The van der Waals surface area contributed by atoms with Crippen molar-refractivity contribution in [2.45, 2.75) is 59.3 Å². The number of rotatable bonds is 9. The zero-order valence-electron chi connectivity index (χ0n) is 15.7. The van der Waals surface area contributed by atoms with E-state index < -0.39 is 0 Å². The number of hydrogen-bond donors (Lipinski definition) is 1. The number of carbonyl (C=O) groups excluding carboxylic acids is 1. The van der Waals surface area contributed by atoms with Crippen molar-refractivity contribution in [2.24, 2.45) is 5.92 Å². The molecule has 1 heterocycles. The number of aromatic nitrogens is 1. The second-order valence-electron chi connectivity index (χ2n) is 7.02. The van der Waals surface area contributed by atoms with E-state index in [-0.39, 0.29) is 5.91 Å². The van der Waals surface area contributed by atoms with E-state index in [0.29, 0.717) is 18.2 Å². The lowest BCUT2D eigenvalue weighted by atomic mass is 9.96. The summed E-state index contributed by atoms with van der Waals surface area (Å²) in [6, 6.07) is 14.5. The summed E-state index contributed by atoms with van der Waals surface area (Å²) in [5.41, 5.74) is 3.52. The van der Waals surface area contributed by atoms with Crippen LogP contribution in [0.1, 0.15) is 55.8 Å². The Bertz CT molecular complexity index is 667. The van der Waals surface area contributed by atoms with Crippen molar-refractivity contribution >= 4 is 11.7 Å². The Morgan fingerprint density at radius 2 is 1.76 bits per heavy atom. The molecule has 0 bridgehead atoms. The maximum absolute atomic E-state index is 12.0. The number of carbonyl (C=O) groups is 1. The third kappa shape index (κ3) is 7.08. The summed E-state index contributed by atoms with van der Waals surface area (Å²) >= 11 is 0. The van der Waals surface area contributed by atoms with Crippen LogP contribution >= 0.6 is 0 Å². The van der Waals surface area contributed by atoms with Crippen LogP contribution in [-0.4, -0.2) is 10.9 Å². The van der Waals surface area contributed by atoms with E-state index in [1.165, 1.54) is 18.4 Å². The number of aryl methyl sites for hydroxylation is 3. The monoisotopic (exact) mass is 338 g/mol. The van der Waals surface area contributed by atoms with Crippen molar-refractivity contribution in [3.05, 3.63) is 59.3 Å². The summed E-state index contributed by atoms with van der Waals surface area (Å²) < 4.78 is 0. The van der Waals surface area contributed by atoms with Crippen LogP contribution in [0.15, 0.2) is 42.5 Å². The van der Waals surface area contributed by atoms with Gasteiger partial charge in [-0.15, -0.1) is 0 Å². The van der Waals surface area contributed by atoms with Gasteiger partial charge in [0.05, 0.1) is 0 Å². The van der Waals surface area contributed by atoms with Gasteiger partial charge in [-0.2, -0.15) is 0 Å². The van der Waals surface area contributed by atoms with Crippen molar-refractivity contribution in [3.8, 4) is 0 Å². The SMILES string of the molecule is Cc1ccc(NC(=O)CCCC(C)CCCc2ccccc2)nc1C. The number of amides is 1. The molecule has 3 heteroatoms. The highest BCUT2D eigenvalue weighted by molar-refractivity contribution is 5.89. The summed E-state index contributed by atoms with van der Waals surface area (Å²) in [7, 11) is 0. The molecule has 1 aromatic heterocycles. The Morgan fingerprint density at radius 3 is 2.48 bits per heavy atom. The molecule has 0 aliphatic rings. The predicted molar refractivity (Wildman–Crippen MR) is 105 cm³/mol. The van der Waals surface area contributed by atoms with Crippen LogP contribution in [0.25, 0.3) is 0 Å². The Labute approximate surface area is 151 Å². The molecule has 1 unspecified atom stereocenters. The van der Waals surface area contributed by atoms with Crippen LogP contribution in [0, 0.1) is 19.8 Å². The third-order valence-electron chi connectivity index (χ3n) is 4.72. The summed E-state index contributed by atoms with van der Waals surface area (Å²) in [5.74, 6) is 1.38. The number of hydrogen-bond acceptors (Lipinski definition) is 2. The first-order valence-electron chi connectivity index (χ1n) is 9.32. The molecule has 0 spiro atoms. The number of benzene rings is 1. The molecule has 2 aromatic rings. The van der Waals surface area contributed by atoms with Gasteiger partial charge >= 0.3 is 0 Å². The summed E-state index contributed by atoms with van der Waals surface area (Å²) in [5, 5.41) is 2.90. The average molecular weight is 338 g/mol. The largest absolute Gasteiger partial charge is 0.311 e. The number of nitrogens with zero attached hydrogens (tertiary/aromatic N) is 1. The lowest BCUT2D eigenvalue weighted by Gasteiger charge is -2.11. The molecule has 134 valence electrons. The first-order chi connectivity index (χ1) is 12.0. The van der Waals surface area contributed by atoms with E-state index in [0.717, 1.165) is 30.5 Å². The Hall–Kier alpha value is -2.16.